The van der Waals surface area contributed by atoms with E-state index in [1.807, 2.05) is 30.3 Å². The number of fused-ring (bicyclic) bond motifs is 1. The number of aromatic nitrogens is 4. The van der Waals surface area contributed by atoms with E-state index in [2.05, 4.69) is 19.9 Å². The van der Waals surface area contributed by atoms with Crippen LogP contribution in [0.1, 0.15) is 11.4 Å². The van der Waals surface area contributed by atoms with Gasteiger partial charge < -0.3 is 4.98 Å². The fraction of sp³-hybridized carbons (Fsp3) is 0.0833. The Morgan fingerprint density at radius 2 is 1.78 bits per heavy atom. The minimum absolute atomic E-state index is 0.262. The lowest BCUT2D eigenvalue weighted by molar-refractivity contribution is 0.986. The topological polar surface area (TPSA) is 54.5 Å². The number of benzene rings is 1. The van der Waals surface area contributed by atoms with Crippen LogP contribution in [0.3, 0.4) is 0 Å². The minimum atomic E-state index is 0.262. The molecule has 0 aliphatic rings. The number of H-pyrrole nitrogens is 1. The van der Waals surface area contributed by atoms with Crippen LogP contribution in [0.15, 0.2) is 30.3 Å². The Kier molecular flexibility index (Phi) is 2.89. The Labute approximate surface area is 113 Å². The lowest BCUT2D eigenvalue weighted by Crippen LogP contribution is -1.97. The van der Waals surface area contributed by atoms with Gasteiger partial charge in [0.1, 0.15) is 11.3 Å². The van der Waals surface area contributed by atoms with Gasteiger partial charge in [0.05, 0.1) is 0 Å². The van der Waals surface area contributed by atoms with Gasteiger partial charge in [-0.3, -0.25) is 0 Å². The second-order valence-corrected chi connectivity index (χ2v) is 4.54. The smallest absolute Gasteiger partial charge is 0.202 e. The lowest BCUT2D eigenvalue weighted by Gasteiger charge is -2.01. The van der Waals surface area contributed by atoms with Crippen molar-refractivity contribution in [3.63, 3.8) is 0 Å². The normalized spacial score (nSPS) is 11.0. The number of halogens is 2. The zero-order valence-electron chi connectivity index (χ0n) is 9.19. The Morgan fingerprint density at radius 3 is 2.56 bits per heavy atom. The van der Waals surface area contributed by atoms with Crippen LogP contribution in [0.4, 0.5) is 0 Å². The zero-order chi connectivity index (χ0) is 12.5. The first-order valence-electron chi connectivity index (χ1n) is 5.34. The van der Waals surface area contributed by atoms with E-state index in [4.69, 9.17) is 23.2 Å². The van der Waals surface area contributed by atoms with Crippen molar-refractivity contribution in [3.05, 3.63) is 52.2 Å². The number of hydrogen-bond acceptors (Lipinski definition) is 3. The molecule has 0 atom stereocenters. The highest BCUT2D eigenvalue weighted by Gasteiger charge is 2.10. The second-order valence-electron chi connectivity index (χ2n) is 3.82. The monoisotopic (exact) mass is 278 g/mol. The third-order valence-electron chi connectivity index (χ3n) is 2.53. The molecule has 0 aliphatic carbocycles. The van der Waals surface area contributed by atoms with Crippen LogP contribution < -0.4 is 0 Å². The molecule has 18 heavy (non-hydrogen) atoms. The molecule has 0 fully saturated rings. The number of aromatic amines is 1. The van der Waals surface area contributed by atoms with Crippen molar-refractivity contribution in [1.82, 2.24) is 19.9 Å². The number of hydrogen-bond donors (Lipinski definition) is 1. The van der Waals surface area contributed by atoms with Gasteiger partial charge in [0.2, 0.25) is 5.28 Å². The summed E-state index contributed by atoms with van der Waals surface area (Å²) in [5.41, 5.74) is 2.18. The third kappa shape index (κ3) is 2.17. The maximum atomic E-state index is 6.06. The highest BCUT2D eigenvalue weighted by Crippen LogP contribution is 2.20. The maximum Gasteiger partial charge on any atom is 0.202 e. The van der Waals surface area contributed by atoms with E-state index in [1.54, 1.807) is 0 Å². The molecule has 0 saturated carbocycles. The van der Waals surface area contributed by atoms with Gasteiger partial charge in [-0.25, -0.2) is 9.97 Å². The molecule has 0 bridgehead atoms. The molecule has 3 rings (SSSR count). The molecule has 0 unspecified atom stereocenters. The quantitative estimate of drug-likeness (QED) is 0.578. The molecule has 0 amide bonds. The molecular weight excluding hydrogens is 271 g/mol. The molecule has 0 aliphatic heterocycles. The zero-order valence-corrected chi connectivity index (χ0v) is 10.7. The van der Waals surface area contributed by atoms with Crippen molar-refractivity contribution in [1.29, 1.82) is 0 Å². The van der Waals surface area contributed by atoms with Gasteiger partial charge in [-0.1, -0.05) is 41.9 Å². The summed E-state index contributed by atoms with van der Waals surface area (Å²) in [4.78, 5) is 15.4. The van der Waals surface area contributed by atoms with Crippen LogP contribution in [-0.4, -0.2) is 19.9 Å². The Morgan fingerprint density at radius 1 is 1.00 bits per heavy atom. The fourth-order valence-corrected chi connectivity index (χ4v) is 2.14. The van der Waals surface area contributed by atoms with Crippen LogP contribution in [0.5, 0.6) is 0 Å². The van der Waals surface area contributed by atoms with E-state index in [1.165, 1.54) is 0 Å². The molecule has 0 radical (unpaired) electrons. The summed E-state index contributed by atoms with van der Waals surface area (Å²) in [5, 5.41) is 0.600. The Balaban J connectivity index is 2.02. The van der Waals surface area contributed by atoms with Gasteiger partial charge in [0.25, 0.3) is 0 Å². The highest BCUT2D eigenvalue weighted by molar-refractivity contribution is 6.34. The first kappa shape index (κ1) is 11.4. The van der Waals surface area contributed by atoms with Crippen molar-refractivity contribution in [2.24, 2.45) is 0 Å². The first-order valence-corrected chi connectivity index (χ1v) is 6.09. The predicted octanol–water partition coefficient (Wildman–Crippen LogP) is 3.25. The van der Waals surface area contributed by atoms with Gasteiger partial charge >= 0.3 is 0 Å². The fourth-order valence-electron chi connectivity index (χ4n) is 1.73. The summed E-state index contributed by atoms with van der Waals surface area (Å²) in [7, 11) is 0. The van der Waals surface area contributed by atoms with Gasteiger partial charge in [0.15, 0.2) is 10.8 Å². The average Bonchev–Trinajstić information content (AvgIpc) is 2.72. The van der Waals surface area contributed by atoms with E-state index in [0.717, 1.165) is 5.56 Å². The summed E-state index contributed by atoms with van der Waals surface area (Å²) in [6.07, 6.45) is 0.612. The van der Waals surface area contributed by atoms with Crippen molar-refractivity contribution >= 4 is 34.4 Å². The van der Waals surface area contributed by atoms with Crippen molar-refractivity contribution < 1.29 is 0 Å². The predicted molar refractivity (Wildman–Crippen MR) is 71.0 cm³/mol. The van der Waals surface area contributed by atoms with Crippen LogP contribution >= 0.6 is 23.2 Å². The molecule has 3 aromatic rings. The first-order chi connectivity index (χ1) is 8.72. The Hall–Kier alpha value is -1.65. The van der Waals surface area contributed by atoms with Gasteiger partial charge in [0, 0.05) is 6.42 Å². The molecule has 4 nitrogen and oxygen atoms in total. The average molecular weight is 279 g/mol. The standard InChI is InChI=1S/C12H8Cl2N4/c13-10-9-11(18-12(14)17-9)16-8(15-10)6-7-4-2-1-3-5-7/h1-5H,6H2,(H,15,16,17,18). The van der Waals surface area contributed by atoms with Crippen LogP contribution in [0.25, 0.3) is 11.2 Å². The van der Waals surface area contributed by atoms with E-state index in [0.29, 0.717) is 28.6 Å². The molecular formula is C12H8Cl2N4. The van der Waals surface area contributed by atoms with E-state index in [-0.39, 0.29) is 5.28 Å². The largest absolute Gasteiger partial charge is 0.325 e. The van der Waals surface area contributed by atoms with Crippen molar-refractivity contribution in [2.45, 2.75) is 6.42 Å². The maximum absolute atomic E-state index is 6.06. The Bertz CT molecular complexity index is 694. The van der Waals surface area contributed by atoms with Crippen LogP contribution in [0.2, 0.25) is 10.4 Å². The van der Waals surface area contributed by atoms with E-state index >= 15 is 0 Å². The van der Waals surface area contributed by atoms with Crippen molar-refractivity contribution in [3.8, 4) is 0 Å². The summed E-state index contributed by atoms with van der Waals surface area (Å²) in [6.45, 7) is 0. The summed E-state index contributed by atoms with van der Waals surface area (Å²) in [5.74, 6) is 0.627. The van der Waals surface area contributed by atoms with Gasteiger partial charge in [-0.15, -0.1) is 0 Å². The molecule has 0 spiro atoms. The van der Waals surface area contributed by atoms with E-state index < -0.39 is 0 Å². The van der Waals surface area contributed by atoms with Gasteiger partial charge in [-0.05, 0) is 17.2 Å². The second kappa shape index (κ2) is 4.55. The summed E-state index contributed by atoms with van der Waals surface area (Å²) in [6, 6.07) is 9.94. The molecule has 90 valence electrons. The summed E-state index contributed by atoms with van der Waals surface area (Å²) < 4.78 is 0. The summed E-state index contributed by atoms with van der Waals surface area (Å²) >= 11 is 11.8. The number of rotatable bonds is 2. The minimum Gasteiger partial charge on any atom is -0.325 e. The molecule has 0 saturated heterocycles. The van der Waals surface area contributed by atoms with Crippen molar-refractivity contribution in [2.75, 3.05) is 0 Å². The molecule has 1 aromatic carbocycles. The third-order valence-corrected chi connectivity index (χ3v) is 2.98. The van der Waals surface area contributed by atoms with Crippen LogP contribution in [-0.2, 0) is 6.42 Å². The lowest BCUT2D eigenvalue weighted by atomic mass is 10.1. The molecule has 6 heteroatoms. The SMILES string of the molecule is Clc1nc2nc(Cc3ccccc3)nc(Cl)c2[nH]1. The van der Waals surface area contributed by atoms with Gasteiger partial charge in [-0.2, -0.15) is 4.98 Å². The van der Waals surface area contributed by atoms with E-state index in [9.17, 15) is 0 Å². The molecule has 1 N–H and O–H groups in total. The highest BCUT2D eigenvalue weighted by atomic mass is 35.5. The van der Waals surface area contributed by atoms with Crippen LogP contribution in [0, 0.1) is 0 Å². The number of nitrogens with one attached hydrogen (secondary N) is 1. The number of imidazole rings is 1. The number of nitrogens with zero attached hydrogens (tertiary/aromatic N) is 3. The molecule has 2 aromatic heterocycles. The molecule has 2 heterocycles.